The van der Waals surface area contributed by atoms with E-state index in [4.69, 9.17) is 0 Å². The average Bonchev–Trinajstić information content (AvgIpc) is 3.47. The quantitative estimate of drug-likeness (QED) is 0.410. The van der Waals surface area contributed by atoms with Gasteiger partial charge in [0.2, 0.25) is 5.95 Å². The van der Waals surface area contributed by atoms with Crippen molar-refractivity contribution < 1.29 is 9.18 Å². The van der Waals surface area contributed by atoms with Crippen molar-refractivity contribution in [3.63, 3.8) is 0 Å². The SMILES string of the molecule is CC(C)c1cc(/C=C/c2csc(NC(=O)c3cccn3Cc3ccnc(F)c3)n2)n(C)n1. The molecule has 4 heterocycles. The van der Waals surface area contributed by atoms with Crippen molar-refractivity contribution in [1.29, 1.82) is 0 Å². The topological polar surface area (TPSA) is 77.6 Å². The van der Waals surface area contributed by atoms with E-state index in [9.17, 15) is 9.18 Å². The van der Waals surface area contributed by atoms with E-state index in [0.717, 1.165) is 22.6 Å². The Morgan fingerprint density at radius 1 is 1.28 bits per heavy atom. The van der Waals surface area contributed by atoms with Crippen LogP contribution in [-0.4, -0.2) is 30.2 Å². The fourth-order valence-corrected chi connectivity index (χ4v) is 3.86. The average molecular weight is 451 g/mol. The first kappa shape index (κ1) is 21.6. The Balaban J connectivity index is 1.43. The maximum atomic E-state index is 13.4. The third kappa shape index (κ3) is 5.00. The molecule has 0 fully saturated rings. The maximum absolute atomic E-state index is 13.4. The van der Waals surface area contributed by atoms with Crippen LogP contribution in [0.15, 0.2) is 48.1 Å². The molecule has 32 heavy (non-hydrogen) atoms. The highest BCUT2D eigenvalue weighted by molar-refractivity contribution is 7.14. The number of aromatic nitrogens is 5. The van der Waals surface area contributed by atoms with E-state index in [1.54, 1.807) is 29.0 Å². The second-order valence-corrected chi connectivity index (χ2v) is 8.50. The Morgan fingerprint density at radius 3 is 2.88 bits per heavy atom. The van der Waals surface area contributed by atoms with Gasteiger partial charge in [0.05, 0.1) is 17.1 Å². The van der Waals surface area contributed by atoms with Gasteiger partial charge in [-0.25, -0.2) is 9.97 Å². The number of rotatable bonds is 7. The fourth-order valence-electron chi connectivity index (χ4n) is 3.19. The van der Waals surface area contributed by atoms with Gasteiger partial charge in [-0.3, -0.25) is 14.8 Å². The summed E-state index contributed by atoms with van der Waals surface area (Å²) in [7, 11) is 1.91. The van der Waals surface area contributed by atoms with Gasteiger partial charge in [-0.1, -0.05) is 13.8 Å². The van der Waals surface area contributed by atoms with Crippen LogP contribution in [0.5, 0.6) is 0 Å². The molecular weight excluding hydrogens is 427 g/mol. The molecule has 1 amide bonds. The normalized spacial score (nSPS) is 11.5. The van der Waals surface area contributed by atoms with Gasteiger partial charge >= 0.3 is 0 Å². The van der Waals surface area contributed by atoms with E-state index in [0.29, 0.717) is 23.3 Å². The molecule has 164 valence electrons. The number of nitrogens with zero attached hydrogens (tertiary/aromatic N) is 5. The maximum Gasteiger partial charge on any atom is 0.274 e. The van der Waals surface area contributed by atoms with E-state index >= 15 is 0 Å². The molecule has 4 aromatic heterocycles. The third-order valence-corrected chi connectivity index (χ3v) is 5.68. The summed E-state index contributed by atoms with van der Waals surface area (Å²) in [5, 5.41) is 9.73. The standard InChI is InChI=1S/C23H23FN6OS/c1-15(2)19-12-18(29(3)28-19)7-6-17-14-32-23(26-17)27-22(31)20-5-4-10-30(20)13-16-8-9-25-21(24)11-16/h4-12,14-15H,13H2,1-3H3,(H,26,27,31)/b7-6+. The van der Waals surface area contributed by atoms with Gasteiger partial charge in [0.1, 0.15) is 5.69 Å². The van der Waals surface area contributed by atoms with Crippen molar-refractivity contribution in [3.05, 3.63) is 82.4 Å². The lowest BCUT2D eigenvalue weighted by molar-refractivity contribution is 0.101. The van der Waals surface area contributed by atoms with Crippen LogP contribution in [0, 0.1) is 5.95 Å². The van der Waals surface area contributed by atoms with Crippen molar-refractivity contribution >= 4 is 34.5 Å². The van der Waals surface area contributed by atoms with Crippen LogP contribution in [0.1, 0.15) is 52.9 Å². The highest BCUT2D eigenvalue weighted by atomic mass is 32.1. The molecule has 4 aromatic rings. The minimum Gasteiger partial charge on any atom is -0.339 e. The van der Waals surface area contributed by atoms with E-state index in [-0.39, 0.29) is 5.91 Å². The molecule has 0 aliphatic rings. The zero-order valence-electron chi connectivity index (χ0n) is 18.0. The highest BCUT2D eigenvalue weighted by Gasteiger charge is 2.13. The van der Waals surface area contributed by atoms with Crippen molar-refractivity contribution in [2.45, 2.75) is 26.3 Å². The smallest absolute Gasteiger partial charge is 0.274 e. The molecule has 0 unspecified atom stereocenters. The van der Waals surface area contributed by atoms with Crippen LogP contribution in [0.3, 0.4) is 0 Å². The summed E-state index contributed by atoms with van der Waals surface area (Å²) in [4.78, 5) is 20.8. The Bertz CT molecular complexity index is 1270. The highest BCUT2D eigenvalue weighted by Crippen LogP contribution is 2.20. The van der Waals surface area contributed by atoms with Crippen molar-refractivity contribution in [1.82, 2.24) is 24.3 Å². The summed E-state index contributed by atoms with van der Waals surface area (Å²) < 4.78 is 17.0. The lowest BCUT2D eigenvalue weighted by Gasteiger charge is -2.09. The van der Waals surface area contributed by atoms with E-state index in [2.05, 4.69) is 40.3 Å². The number of hydrogen-bond donors (Lipinski definition) is 1. The van der Waals surface area contributed by atoms with Gasteiger partial charge in [-0.2, -0.15) is 9.49 Å². The van der Waals surface area contributed by atoms with Gasteiger partial charge in [0, 0.05) is 31.4 Å². The van der Waals surface area contributed by atoms with Crippen molar-refractivity contribution in [3.8, 4) is 0 Å². The molecule has 0 aliphatic carbocycles. The predicted molar refractivity (Wildman–Crippen MR) is 124 cm³/mol. The molecule has 0 bridgehead atoms. The number of amides is 1. The Labute approximate surface area is 189 Å². The largest absolute Gasteiger partial charge is 0.339 e. The number of carbonyl (C=O) groups excluding carboxylic acids is 1. The first-order chi connectivity index (χ1) is 15.4. The number of halogens is 1. The van der Waals surface area contributed by atoms with Gasteiger partial charge in [0.25, 0.3) is 5.91 Å². The van der Waals surface area contributed by atoms with Crippen LogP contribution in [0.4, 0.5) is 9.52 Å². The van der Waals surface area contributed by atoms with Crippen LogP contribution in [0.2, 0.25) is 0 Å². The molecule has 0 radical (unpaired) electrons. The Kier molecular flexibility index (Phi) is 6.27. The zero-order valence-corrected chi connectivity index (χ0v) is 18.8. The molecule has 0 saturated carbocycles. The third-order valence-electron chi connectivity index (χ3n) is 4.90. The van der Waals surface area contributed by atoms with Gasteiger partial charge in [0.15, 0.2) is 5.13 Å². The van der Waals surface area contributed by atoms with Gasteiger partial charge in [-0.05, 0) is 54.0 Å². The zero-order chi connectivity index (χ0) is 22.7. The molecular formula is C23H23FN6OS. The molecule has 9 heteroatoms. The molecule has 4 rings (SSSR count). The Hall–Kier alpha value is -3.59. The summed E-state index contributed by atoms with van der Waals surface area (Å²) in [5.41, 5.74) is 3.96. The number of pyridine rings is 1. The minimum absolute atomic E-state index is 0.275. The Morgan fingerprint density at radius 2 is 2.12 bits per heavy atom. The number of hydrogen-bond acceptors (Lipinski definition) is 5. The summed E-state index contributed by atoms with van der Waals surface area (Å²) in [6.07, 6.45) is 7.04. The monoisotopic (exact) mass is 450 g/mol. The van der Waals surface area contributed by atoms with Crippen molar-refractivity contribution in [2.24, 2.45) is 7.05 Å². The van der Waals surface area contributed by atoms with Crippen molar-refractivity contribution in [2.75, 3.05) is 5.32 Å². The number of aryl methyl sites for hydroxylation is 1. The molecule has 0 spiro atoms. The summed E-state index contributed by atoms with van der Waals surface area (Å²) in [6.45, 7) is 4.58. The van der Waals surface area contributed by atoms with Gasteiger partial charge in [-0.15, -0.1) is 11.3 Å². The first-order valence-corrected chi connectivity index (χ1v) is 11.0. The van der Waals surface area contributed by atoms with E-state index in [1.165, 1.54) is 23.6 Å². The number of anilines is 1. The lowest BCUT2D eigenvalue weighted by Crippen LogP contribution is -2.17. The van der Waals surface area contributed by atoms with E-state index in [1.807, 2.05) is 29.3 Å². The summed E-state index contributed by atoms with van der Waals surface area (Å²) in [5.74, 6) is -0.459. The van der Waals surface area contributed by atoms with Crippen LogP contribution < -0.4 is 5.32 Å². The van der Waals surface area contributed by atoms with Crippen LogP contribution >= 0.6 is 11.3 Å². The summed E-state index contributed by atoms with van der Waals surface area (Å²) in [6, 6.07) is 8.63. The molecule has 1 N–H and O–H groups in total. The fraction of sp³-hybridized carbons (Fsp3) is 0.217. The van der Waals surface area contributed by atoms with Crippen LogP contribution in [0.25, 0.3) is 12.2 Å². The molecule has 0 aliphatic heterocycles. The van der Waals surface area contributed by atoms with E-state index < -0.39 is 5.95 Å². The number of carbonyl (C=O) groups is 1. The number of nitrogens with one attached hydrogen (secondary N) is 1. The summed E-state index contributed by atoms with van der Waals surface area (Å²) >= 11 is 1.35. The second-order valence-electron chi connectivity index (χ2n) is 7.65. The lowest BCUT2D eigenvalue weighted by atomic mass is 10.1. The molecule has 0 aromatic carbocycles. The number of thiazole rings is 1. The molecule has 7 nitrogen and oxygen atoms in total. The second kappa shape index (κ2) is 9.27. The minimum atomic E-state index is -0.546. The van der Waals surface area contributed by atoms with Crippen LogP contribution in [-0.2, 0) is 13.6 Å². The predicted octanol–water partition coefficient (Wildman–Crippen LogP) is 4.81. The molecule has 0 saturated heterocycles. The first-order valence-electron chi connectivity index (χ1n) is 10.1. The van der Waals surface area contributed by atoms with Gasteiger partial charge < -0.3 is 4.57 Å². The molecule has 0 atom stereocenters.